The van der Waals surface area contributed by atoms with Crippen LogP contribution in [0, 0.1) is 0 Å². The summed E-state index contributed by atoms with van der Waals surface area (Å²) in [5.74, 6) is 1.11. The van der Waals surface area contributed by atoms with Crippen molar-refractivity contribution < 1.29 is 23.8 Å². The zero-order chi connectivity index (χ0) is 14.4. The van der Waals surface area contributed by atoms with Gasteiger partial charge in [0.25, 0.3) is 0 Å². The highest BCUT2D eigenvalue weighted by atomic mass is 16.6. The number of carbonyl (C=O) groups excluding carboxylic acids is 2. The van der Waals surface area contributed by atoms with Crippen LogP contribution in [0.25, 0.3) is 0 Å². The number of ether oxygens (including phenoxy) is 3. The Bertz CT molecular complexity index is 495. The van der Waals surface area contributed by atoms with Crippen molar-refractivity contribution in [1.29, 1.82) is 0 Å². The van der Waals surface area contributed by atoms with E-state index in [1.165, 1.54) is 7.11 Å². The maximum absolute atomic E-state index is 12.0. The molecule has 0 saturated carbocycles. The van der Waals surface area contributed by atoms with Crippen LogP contribution in [0.1, 0.15) is 36.0 Å². The van der Waals surface area contributed by atoms with Crippen LogP contribution in [0.5, 0.6) is 11.5 Å². The zero-order valence-corrected chi connectivity index (χ0v) is 11.5. The Morgan fingerprint density at radius 2 is 1.80 bits per heavy atom. The highest BCUT2D eigenvalue weighted by Gasteiger charge is 2.14. The number of carbonyl (C=O) groups is 2. The molecule has 0 saturated heterocycles. The van der Waals surface area contributed by atoms with E-state index in [9.17, 15) is 9.59 Å². The summed E-state index contributed by atoms with van der Waals surface area (Å²) in [6.07, 6.45) is 2.09. The highest BCUT2D eigenvalue weighted by Crippen LogP contribution is 2.31. The van der Waals surface area contributed by atoms with Gasteiger partial charge in [-0.2, -0.15) is 0 Å². The van der Waals surface area contributed by atoms with E-state index in [2.05, 4.69) is 4.74 Å². The number of Topliss-reactive ketones (excluding diaryl/α,β-unsaturated/α-hetero) is 1. The lowest BCUT2D eigenvalue weighted by Crippen LogP contribution is -2.15. The van der Waals surface area contributed by atoms with Gasteiger partial charge in [0.2, 0.25) is 0 Å². The van der Waals surface area contributed by atoms with Crippen molar-refractivity contribution in [2.24, 2.45) is 0 Å². The molecule has 2 rings (SSSR count). The van der Waals surface area contributed by atoms with Gasteiger partial charge >= 0.3 is 5.97 Å². The van der Waals surface area contributed by atoms with Gasteiger partial charge in [0, 0.05) is 18.4 Å². The third-order valence-electron chi connectivity index (χ3n) is 3.13. The largest absolute Gasteiger partial charge is 0.486 e. The maximum atomic E-state index is 12.0. The van der Waals surface area contributed by atoms with Crippen molar-refractivity contribution in [2.45, 2.75) is 25.7 Å². The number of methoxy groups -OCH3 is 1. The van der Waals surface area contributed by atoms with Crippen molar-refractivity contribution in [3.63, 3.8) is 0 Å². The Morgan fingerprint density at radius 1 is 1.10 bits per heavy atom. The Hall–Kier alpha value is -2.04. The number of rotatable bonds is 6. The fourth-order valence-corrected chi connectivity index (χ4v) is 2.02. The lowest BCUT2D eigenvalue weighted by atomic mass is 10.0. The molecule has 0 amide bonds. The first-order valence-electron chi connectivity index (χ1n) is 6.70. The summed E-state index contributed by atoms with van der Waals surface area (Å²) in [5.41, 5.74) is 0.618. The van der Waals surface area contributed by atoms with E-state index in [0.717, 1.165) is 0 Å². The number of hydrogen-bond donors (Lipinski definition) is 0. The molecule has 0 bridgehead atoms. The summed E-state index contributed by atoms with van der Waals surface area (Å²) in [5, 5.41) is 0. The van der Waals surface area contributed by atoms with Crippen LogP contribution in [0.4, 0.5) is 0 Å². The molecule has 0 atom stereocenters. The Balaban J connectivity index is 1.85. The monoisotopic (exact) mass is 278 g/mol. The molecule has 20 heavy (non-hydrogen) atoms. The summed E-state index contributed by atoms with van der Waals surface area (Å²) in [6.45, 7) is 1.04. The van der Waals surface area contributed by atoms with Crippen LogP contribution >= 0.6 is 0 Å². The van der Waals surface area contributed by atoms with Crippen LogP contribution in [0.15, 0.2) is 18.2 Å². The number of fused-ring (bicyclic) bond motifs is 1. The van der Waals surface area contributed by atoms with E-state index in [4.69, 9.17) is 9.47 Å². The molecule has 0 N–H and O–H groups in total. The number of ketones is 1. The van der Waals surface area contributed by atoms with Crippen molar-refractivity contribution in [2.75, 3.05) is 20.3 Å². The molecule has 0 radical (unpaired) electrons. The van der Waals surface area contributed by atoms with E-state index >= 15 is 0 Å². The number of hydrogen-bond acceptors (Lipinski definition) is 5. The average molecular weight is 278 g/mol. The third-order valence-corrected chi connectivity index (χ3v) is 3.13. The smallest absolute Gasteiger partial charge is 0.305 e. The predicted octanol–water partition coefficient (Wildman–Crippen LogP) is 2.37. The molecule has 5 heteroatoms. The number of esters is 1. The number of benzene rings is 1. The molecule has 1 heterocycles. The maximum Gasteiger partial charge on any atom is 0.305 e. The molecular weight excluding hydrogens is 260 g/mol. The predicted molar refractivity (Wildman–Crippen MR) is 72.2 cm³/mol. The van der Waals surface area contributed by atoms with E-state index in [0.29, 0.717) is 56.0 Å². The summed E-state index contributed by atoms with van der Waals surface area (Å²) in [4.78, 5) is 23.0. The van der Waals surface area contributed by atoms with Crippen LogP contribution in [0.2, 0.25) is 0 Å². The second-order valence-electron chi connectivity index (χ2n) is 4.56. The molecule has 0 aromatic heterocycles. The Labute approximate surface area is 117 Å². The fraction of sp³-hybridized carbons (Fsp3) is 0.467. The van der Waals surface area contributed by atoms with Crippen LogP contribution in [-0.2, 0) is 9.53 Å². The van der Waals surface area contributed by atoms with Crippen LogP contribution in [0.3, 0.4) is 0 Å². The first-order valence-corrected chi connectivity index (χ1v) is 6.70. The molecule has 5 nitrogen and oxygen atoms in total. The van der Waals surface area contributed by atoms with Crippen molar-refractivity contribution in [3.05, 3.63) is 23.8 Å². The van der Waals surface area contributed by atoms with Crippen LogP contribution in [-0.4, -0.2) is 32.1 Å². The van der Waals surface area contributed by atoms with Crippen molar-refractivity contribution in [3.8, 4) is 11.5 Å². The molecule has 1 aromatic carbocycles. The molecule has 0 fully saturated rings. The Kier molecular flexibility index (Phi) is 4.98. The minimum atomic E-state index is -0.239. The van der Waals surface area contributed by atoms with E-state index in [-0.39, 0.29) is 11.8 Å². The fourth-order valence-electron chi connectivity index (χ4n) is 2.02. The topological polar surface area (TPSA) is 61.8 Å². The minimum absolute atomic E-state index is 0.0480. The molecule has 0 spiro atoms. The normalized spacial score (nSPS) is 12.8. The summed E-state index contributed by atoms with van der Waals surface area (Å²) in [7, 11) is 1.36. The standard InChI is InChI=1S/C15H18O5/c1-18-15(17)5-3-2-4-12(16)11-6-7-13-14(10-11)20-9-8-19-13/h6-7,10H,2-5,8-9H2,1H3. The second kappa shape index (κ2) is 6.93. The lowest BCUT2D eigenvalue weighted by Gasteiger charge is -2.18. The minimum Gasteiger partial charge on any atom is -0.486 e. The van der Waals surface area contributed by atoms with Gasteiger partial charge in [0.15, 0.2) is 17.3 Å². The van der Waals surface area contributed by atoms with E-state index in [1.54, 1.807) is 18.2 Å². The van der Waals surface area contributed by atoms with E-state index in [1.807, 2.05) is 0 Å². The van der Waals surface area contributed by atoms with Gasteiger partial charge in [0.1, 0.15) is 13.2 Å². The van der Waals surface area contributed by atoms with Gasteiger partial charge in [-0.15, -0.1) is 0 Å². The summed E-state index contributed by atoms with van der Waals surface area (Å²) < 4.78 is 15.4. The highest BCUT2D eigenvalue weighted by molar-refractivity contribution is 5.96. The summed E-state index contributed by atoms with van der Waals surface area (Å²) in [6, 6.07) is 5.23. The van der Waals surface area contributed by atoms with Crippen LogP contribution < -0.4 is 9.47 Å². The van der Waals surface area contributed by atoms with Gasteiger partial charge in [-0.1, -0.05) is 0 Å². The summed E-state index contributed by atoms with van der Waals surface area (Å²) >= 11 is 0. The molecule has 108 valence electrons. The average Bonchev–Trinajstić information content (AvgIpc) is 2.50. The number of unbranched alkanes of at least 4 members (excludes halogenated alkanes) is 1. The molecule has 1 aromatic rings. The van der Waals surface area contributed by atoms with Gasteiger partial charge in [-0.25, -0.2) is 0 Å². The SMILES string of the molecule is COC(=O)CCCCC(=O)c1ccc2c(c1)OCCO2. The van der Waals surface area contributed by atoms with Gasteiger partial charge in [-0.05, 0) is 31.0 Å². The van der Waals surface area contributed by atoms with Gasteiger partial charge < -0.3 is 14.2 Å². The quantitative estimate of drug-likeness (QED) is 0.454. The molecule has 0 aliphatic carbocycles. The zero-order valence-electron chi connectivity index (χ0n) is 11.5. The second-order valence-corrected chi connectivity index (χ2v) is 4.56. The first kappa shape index (κ1) is 14.4. The van der Waals surface area contributed by atoms with Gasteiger partial charge in [0.05, 0.1) is 7.11 Å². The Morgan fingerprint density at radius 3 is 2.55 bits per heavy atom. The molecular formula is C15H18O5. The van der Waals surface area contributed by atoms with E-state index < -0.39 is 0 Å². The molecule has 1 aliphatic heterocycles. The first-order chi connectivity index (χ1) is 9.70. The third kappa shape index (κ3) is 3.73. The lowest BCUT2D eigenvalue weighted by molar-refractivity contribution is -0.140. The molecule has 1 aliphatic rings. The van der Waals surface area contributed by atoms with Crippen molar-refractivity contribution >= 4 is 11.8 Å². The molecule has 0 unspecified atom stereocenters. The van der Waals surface area contributed by atoms with Crippen molar-refractivity contribution in [1.82, 2.24) is 0 Å². The van der Waals surface area contributed by atoms with Gasteiger partial charge in [-0.3, -0.25) is 9.59 Å².